The molecule has 0 bridgehead atoms. The molecule has 3 rings (SSSR count). The Morgan fingerprint density at radius 2 is 1.95 bits per heavy atom. The number of rotatable bonds is 2. The van der Waals surface area contributed by atoms with Crippen molar-refractivity contribution in [3.05, 3.63) is 0 Å². The van der Waals surface area contributed by atoms with Gasteiger partial charge in [0.15, 0.2) is 0 Å². The standard InChI is InChI=1S/C15H27N3O.ClH/c1-2-13-10-17-9-3-4-14(17)11-18(13)15(19)12-5-7-16-8-6-12;/h12-14,16H,2-11H2,1H3;1H. The summed E-state index contributed by atoms with van der Waals surface area (Å²) in [6.45, 7) is 7.59. The highest BCUT2D eigenvalue weighted by molar-refractivity contribution is 5.85. The number of hydrogen-bond donors (Lipinski definition) is 1. The Labute approximate surface area is 128 Å². The first-order chi connectivity index (χ1) is 9.29. The van der Waals surface area contributed by atoms with E-state index in [2.05, 4.69) is 22.0 Å². The molecular formula is C15H28ClN3O. The van der Waals surface area contributed by atoms with Gasteiger partial charge in [0.05, 0.1) is 0 Å². The van der Waals surface area contributed by atoms with Crippen LogP contribution in [0.2, 0.25) is 0 Å². The summed E-state index contributed by atoms with van der Waals surface area (Å²) >= 11 is 0. The zero-order chi connectivity index (χ0) is 13.2. The second-order valence-corrected chi connectivity index (χ2v) is 6.37. The number of fused-ring (bicyclic) bond motifs is 1. The van der Waals surface area contributed by atoms with Gasteiger partial charge in [0.1, 0.15) is 0 Å². The van der Waals surface area contributed by atoms with Crippen molar-refractivity contribution >= 4 is 18.3 Å². The van der Waals surface area contributed by atoms with Gasteiger partial charge >= 0.3 is 0 Å². The minimum Gasteiger partial charge on any atom is -0.337 e. The van der Waals surface area contributed by atoms with Gasteiger partial charge in [0, 0.05) is 31.1 Å². The lowest BCUT2D eigenvalue weighted by molar-refractivity contribution is -0.142. The van der Waals surface area contributed by atoms with Gasteiger partial charge in [-0.1, -0.05) is 6.92 Å². The van der Waals surface area contributed by atoms with E-state index in [-0.39, 0.29) is 18.3 Å². The third-order valence-corrected chi connectivity index (χ3v) is 5.24. The van der Waals surface area contributed by atoms with E-state index in [0.717, 1.165) is 45.4 Å². The number of carbonyl (C=O) groups is 1. The highest BCUT2D eigenvalue weighted by Gasteiger charge is 2.39. The van der Waals surface area contributed by atoms with Gasteiger partial charge < -0.3 is 10.2 Å². The van der Waals surface area contributed by atoms with Gasteiger partial charge in [0.2, 0.25) is 5.91 Å². The average Bonchev–Trinajstić information content (AvgIpc) is 2.93. The first-order valence-corrected chi connectivity index (χ1v) is 8.05. The Hall–Kier alpha value is -0.320. The second kappa shape index (κ2) is 7.10. The molecule has 2 atom stereocenters. The van der Waals surface area contributed by atoms with Gasteiger partial charge in [-0.05, 0) is 51.7 Å². The molecule has 3 aliphatic heterocycles. The predicted molar refractivity (Wildman–Crippen MR) is 83.2 cm³/mol. The lowest BCUT2D eigenvalue weighted by Crippen LogP contribution is -2.59. The number of piperazine rings is 1. The van der Waals surface area contributed by atoms with Crippen molar-refractivity contribution in [2.75, 3.05) is 32.7 Å². The van der Waals surface area contributed by atoms with Gasteiger partial charge in [-0.15, -0.1) is 12.4 Å². The Balaban J connectivity index is 0.00000147. The van der Waals surface area contributed by atoms with Crippen molar-refractivity contribution in [2.24, 2.45) is 5.92 Å². The Morgan fingerprint density at radius 1 is 1.20 bits per heavy atom. The maximum absolute atomic E-state index is 12.8. The molecule has 0 spiro atoms. The van der Waals surface area contributed by atoms with E-state index in [4.69, 9.17) is 0 Å². The minimum absolute atomic E-state index is 0. The minimum atomic E-state index is 0. The van der Waals surface area contributed by atoms with Gasteiger partial charge in [-0.3, -0.25) is 9.69 Å². The molecular weight excluding hydrogens is 274 g/mol. The monoisotopic (exact) mass is 301 g/mol. The van der Waals surface area contributed by atoms with Crippen LogP contribution in [0.4, 0.5) is 0 Å². The summed E-state index contributed by atoms with van der Waals surface area (Å²) in [4.78, 5) is 17.6. The van der Waals surface area contributed by atoms with E-state index in [1.807, 2.05) is 0 Å². The molecule has 20 heavy (non-hydrogen) atoms. The van der Waals surface area contributed by atoms with Crippen LogP contribution in [0.5, 0.6) is 0 Å². The molecule has 3 heterocycles. The van der Waals surface area contributed by atoms with Crippen molar-refractivity contribution in [2.45, 2.75) is 51.1 Å². The van der Waals surface area contributed by atoms with Crippen LogP contribution in [0.15, 0.2) is 0 Å². The van der Waals surface area contributed by atoms with Crippen molar-refractivity contribution in [3.8, 4) is 0 Å². The topological polar surface area (TPSA) is 35.6 Å². The molecule has 1 amide bonds. The van der Waals surface area contributed by atoms with E-state index in [1.54, 1.807) is 0 Å². The number of nitrogens with zero attached hydrogens (tertiary/aromatic N) is 2. The van der Waals surface area contributed by atoms with Crippen LogP contribution in [0.1, 0.15) is 39.0 Å². The maximum atomic E-state index is 12.8. The molecule has 0 radical (unpaired) electrons. The molecule has 5 heteroatoms. The molecule has 116 valence electrons. The fourth-order valence-corrected chi connectivity index (χ4v) is 4.01. The lowest BCUT2D eigenvalue weighted by Gasteiger charge is -2.45. The third-order valence-electron chi connectivity index (χ3n) is 5.24. The highest BCUT2D eigenvalue weighted by Crippen LogP contribution is 2.28. The summed E-state index contributed by atoms with van der Waals surface area (Å²) in [5.74, 6) is 0.725. The van der Waals surface area contributed by atoms with Crippen molar-refractivity contribution in [1.29, 1.82) is 0 Å². The number of amides is 1. The number of piperidine rings is 1. The third kappa shape index (κ3) is 3.12. The van der Waals surface area contributed by atoms with Crippen molar-refractivity contribution in [1.82, 2.24) is 15.1 Å². The number of carbonyl (C=O) groups excluding carboxylic acids is 1. The summed E-state index contributed by atoms with van der Waals surface area (Å²) in [6, 6.07) is 1.10. The molecule has 3 aliphatic rings. The Bertz CT molecular complexity index is 333. The first-order valence-electron chi connectivity index (χ1n) is 8.05. The van der Waals surface area contributed by atoms with Crippen molar-refractivity contribution in [3.63, 3.8) is 0 Å². The largest absolute Gasteiger partial charge is 0.337 e. The van der Waals surface area contributed by atoms with Crippen molar-refractivity contribution < 1.29 is 4.79 Å². The average molecular weight is 302 g/mol. The molecule has 3 fully saturated rings. The lowest BCUT2D eigenvalue weighted by atomic mass is 9.94. The fourth-order valence-electron chi connectivity index (χ4n) is 4.01. The molecule has 3 saturated heterocycles. The van der Waals surface area contributed by atoms with Gasteiger partial charge in [0.25, 0.3) is 0 Å². The molecule has 0 aromatic carbocycles. The summed E-state index contributed by atoms with van der Waals surface area (Å²) in [5, 5.41) is 3.36. The zero-order valence-electron chi connectivity index (χ0n) is 12.5. The van der Waals surface area contributed by atoms with Gasteiger partial charge in [-0.25, -0.2) is 0 Å². The van der Waals surface area contributed by atoms with Crippen LogP contribution >= 0.6 is 12.4 Å². The van der Waals surface area contributed by atoms with Crippen LogP contribution in [0.25, 0.3) is 0 Å². The molecule has 0 aromatic heterocycles. The second-order valence-electron chi connectivity index (χ2n) is 6.37. The van der Waals surface area contributed by atoms with Crippen LogP contribution < -0.4 is 5.32 Å². The Kier molecular flexibility index (Phi) is 5.70. The summed E-state index contributed by atoms with van der Waals surface area (Å²) in [5.41, 5.74) is 0. The summed E-state index contributed by atoms with van der Waals surface area (Å²) < 4.78 is 0. The van der Waals surface area contributed by atoms with E-state index in [9.17, 15) is 4.79 Å². The molecule has 0 aromatic rings. The van der Waals surface area contributed by atoms with E-state index in [0.29, 0.717) is 18.0 Å². The summed E-state index contributed by atoms with van der Waals surface area (Å²) in [6.07, 6.45) is 5.75. The van der Waals surface area contributed by atoms with E-state index >= 15 is 0 Å². The normalized spacial score (nSPS) is 31.8. The quantitative estimate of drug-likeness (QED) is 0.839. The molecule has 2 unspecified atom stereocenters. The fraction of sp³-hybridized carbons (Fsp3) is 0.933. The van der Waals surface area contributed by atoms with Crippen LogP contribution in [-0.2, 0) is 4.79 Å². The molecule has 0 saturated carbocycles. The summed E-state index contributed by atoms with van der Waals surface area (Å²) in [7, 11) is 0. The predicted octanol–water partition coefficient (Wildman–Crippen LogP) is 1.49. The highest BCUT2D eigenvalue weighted by atomic mass is 35.5. The van der Waals surface area contributed by atoms with Crippen LogP contribution in [0, 0.1) is 5.92 Å². The smallest absolute Gasteiger partial charge is 0.226 e. The number of hydrogen-bond acceptors (Lipinski definition) is 3. The molecule has 1 N–H and O–H groups in total. The van der Waals surface area contributed by atoms with Gasteiger partial charge in [-0.2, -0.15) is 0 Å². The molecule has 4 nitrogen and oxygen atoms in total. The molecule has 0 aliphatic carbocycles. The van der Waals surface area contributed by atoms with E-state index < -0.39 is 0 Å². The first kappa shape index (κ1) is 16.1. The number of halogens is 1. The zero-order valence-corrected chi connectivity index (χ0v) is 13.3. The van der Waals surface area contributed by atoms with Crippen LogP contribution in [0.3, 0.4) is 0 Å². The number of nitrogens with one attached hydrogen (secondary N) is 1. The van der Waals surface area contributed by atoms with E-state index in [1.165, 1.54) is 19.4 Å². The van der Waals surface area contributed by atoms with Crippen LogP contribution in [-0.4, -0.2) is 60.5 Å². The SMILES string of the molecule is CCC1CN2CCCC2CN1C(=O)C1CCNCC1.Cl. The maximum Gasteiger partial charge on any atom is 0.226 e. The Morgan fingerprint density at radius 3 is 2.65 bits per heavy atom.